The fraction of sp³-hybridized carbons (Fsp3) is 0.190. The van der Waals surface area contributed by atoms with Crippen molar-refractivity contribution < 1.29 is 9.21 Å². The van der Waals surface area contributed by atoms with Gasteiger partial charge in [0.1, 0.15) is 6.54 Å². The van der Waals surface area contributed by atoms with E-state index < -0.39 is 0 Å². The molecule has 2 aromatic heterocycles. The quantitative estimate of drug-likeness (QED) is 0.477. The van der Waals surface area contributed by atoms with Crippen molar-refractivity contribution in [2.24, 2.45) is 0 Å². The number of aromatic nitrogens is 3. The number of hydrogen-bond acceptors (Lipinski definition) is 4. The lowest BCUT2D eigenvalue weighted by atomic mass is 10.2. The average molecular weight is 439 g/mol. The molecule has 0 aliphatic carbocycles. The SMILES string of the molecule is CCc1nnc(-c2cn(CC(=O)Nc3ccc(Br)c(C)c3)c3ccccc23)o1. The highest BCUT2D eigenvalue weighted by Gasteiger charge is 2.16. The van der Waals surface area contributed by atoms with Crippen molar-refractivity contribution in [2.75, 3.05) is 5.32 Å². The predicted octanol–water partition coefficient (Wildman–Crippen LogP) is 4.96. The Morgan fingerprint density at radius 2 is 2.04 bits per heavy atom. The smallest absolute Gasteiger partial charge is 0.249 e. The molecule has 4 aromatic rings. The van der Waals surface area contributed by atoms with E-state index in [4.69, 9.17) is 4.42 Å². The zero-order chi connectivity index (χ0) is 19.7. The third-order valence-corrected chi connectivity index (χ3v) is 5.43. The Kier molecular flexibility index (Phi) is 5.00. The van der Waals surface area contributed by atoms with Crippen LogP contribution in [0, 0.1) is 6.92 Å². The zero-order valence-corrected chi connectivity index (χ0v) is 17.2. The van der Waals surface area contributed by atoms with Gasteiger partial charge in [0.15, 0.2) is 0 Å². The van der Waals surface area contributed by atoms with Crippen molar-refractivity contribution in [3.05, 3.63) is 64.6 Å². The number of hydrogen-bond donors (Lipinski definition) is 1. The highest BCUT2D eigenvalue weighted by atomic mass is 79.9. The Balaban J connectivity index is 1.63. The van der Waals surface area contributed by atoms with Crippen molar-refractivity contribution in [1.29, 1.82) is 0 Å². The Morgan fingerprint density at radius 3 is 2.79 bits per heavy atom. The molecule has 7 heteroatoms. The fourth-order valence-corrected chi connectivity index (χ4v) is 3.38. The molecule has 0 bridgehead atoms. The number of rotatable bonds is 5. The van der Waals surface area contributed by atoms with E-state index in [2.05, 4.69) is 31.4 Å². The van der Waals surface area contributed by atoms with Crippen LogP contribution in [0.25, 0.3) is 22.4 Å². The number of nitrogens with one attached hydrogen (secondary N) is 1. The third kappa shape index (κ3) is 3.57. The van der Waals surface area contributed by atoms with Crippen molar-refractivity contribution in [3.8, 4) is 11.5 Å². The second kappa shape index (κ2) is 7.59. The predicted molar refractivity (Wildman–Crippen MR) is 112 cm³/mol. The number of para-hydroxylation sites is 1. The Bertz CT molecular complexity index is 1160. The van der Waals surface area contributed by atoms with Crippen molar-refractivity contribution >= 4 is 38.4 Å². The summed E-state index contributed by atoms with van der Waals surface area (Å²) in [5.41, 5.74) is 3.60. The van der Waals surface area contributed by atoms with Crippen molar-refractivity contribution in [1.82, 2.24) is 14.8 Å². The summed E-state index contributed by atoms with van der Waals surface area (Å²) in [7, 11) is 0. The Hall–Kier alpha value is -2.93. The minimum atomic E-state index is -0.103. The van der Waals surface area contributed by atoms with Crippen molar-refractivity contribution in [3.63, 3.8) is 0 Å². The van der Waals surface area contributed by atoms with E-state index >= 15 is 0 Å². The first-order valence-electron chi connectivity index (χ1n) is 9.01. The van der Waals surface area contributed by atoms with E-state index in [0.717, 1.165) is 32.2 Å². The lowest BCUT2D eigenvalue weighted by Gasteiger charge is -2.08. The first kappa shape index (κ1) is 18.4. The standard InChI is InChI=1S/C21H19BrN4O2/c1-3-20-24-25-21(28-20)16-11-26(18-7-5-4-6-15(16)18)12-19(27)23-14-8-9-17(22)13(2)10-14/h4-11H,3,12H2,1-2H3,(H,23,27). The zero-order valence-electron chi connectivity index (χ0n) is 15.6. The van der Waals surface area contributed by atoms with Crippen molar-refractivity contribution in [2.45, 2.75) is 26.8 Å². The number of amides is 1. The van der Waals surface area contributed by atoms with E-state index in [1.165, 1.54) is 0 Å². The number of aryl methyl sites for hydroxylation is 2. The largest absolute Gasteiger partial charge is 0.421 e. The van der Waals surface area contributed by atoms with Gasteiger partial charge in [-0.1, -0.05) is 41.1 Å². The number of nitrogens with zero attached hydrogens (tertiary/aromatic N) is 3. The molecular formula is C21H19BrN4O2. The van der Waals surface area contributed by atoms with Crippen LogP contribution in [0.2, 0.25) is 0 Å². The molecule has 4 rings (SSSR count). The molecule has 6 nitrogen and oxygen atoms in total. The average Bonchev–Trinajstić information content (AvgIpc) is 3.30. The number of halogens is 1. The summed E-state index contributed by atoms with van der Waals surface area (Å²) in [5, 5.41) is 12.1. The van der Waals surface area contributed by atoms with E-state index in [1.807, 2.05) is 67.1 Å². The summed E-state index contributed by atoms with van der Waals surface area (Å²) in [4.78, 5) is 12.6. The summed E-state index contributed by atoms with van der Waals surface area (Å²) < 4.78 is 8.64. The van der Waals surface area contributed by atoms with Crippen LogP contribution in [-0.2, 0) is 17.8 Å². The molecule has 0 aliphatic rings. The van der Waals surface area contributed by atoms with E-state index in [-0.39, 0.29) is 12.5 Å². The number of benzene rings is 2. The van der Waals surface area contributed by atoms with Gasteiger partial charge in [0.2, 0.25) is 17.7 Å². The molecule has 0 aliphatic heterocycles. The molecule has 0 radical (unpaired) electrons. The summed E-state index contributed by atoms with van der Waals surface area (Å²) >= 11 is 3.47. The molecule has 28 heavy (non-hydrogen) atoms. The molecule has 0 fully saturated rings. The summed E-state index contributed by atoms with van der Waals surface area (Å²) in [6.45, 7) is 4.14. The minimum Gasteiger partial charge on any atom is -0.421 e. The molecule has 2 heterocycles. The van der Waals surface area contributed by atoms with Crippen LogP contribution >= 0.6 is 15.9 Å². The fourth-order valence-electron chi connectivity index (χ4n) is 3.13. The number of fused-ring (bicyclic) bond motifs is 1. The monoisotopic (exact) mass is 438 g/mol. The number of carbonyl (C=O) groups is 1. The Labute approximate surface area is 170 Å². The second-order valence-electron chi connectivity index (χ2n) is 6.55. The van der Waals surface area contributed by atoms with Gasteiger partial charge in [0, 0.05) is 33.7 Å². The molecule has 0 saturated carbocycles. The molecule has 2 aromatic carbocycles. The van der Waals surface area contributed by atoms with Crippen LogP contribution in [0.3, 0.4) is 0 Å². The highest BCUT2D eigenvalue weighted by molar-refractivity contribution is 9.10. The van der Waals surface area contributed by atoms with Gasteiger partial charge in [-0.2, -0.15) is 0 Å². The van der Waals surface area contributed by atoms with E-state index in [1.54, 1.807) is 0 Å². The van der Waals surface area contributed by atoms with Gasteiger partial charge in [0.05, 0.1) is 5.56 Å². The third-order valence-electron chi connectivity index (χ3n) is 4.54. The van der Waals surface area contributed by atoms with Crippen LogP contribution < -0.4 is 5.32 Å². The lowest BCUT2D eigenvalue weighted by molar-refractivity contribution is -0.116. The summed E-state index contributed by atoms with van der Waals surface area (Å²) in [6.07, 6.45) is 2.57. The molecule has 142 valence electrons. The van der Waals surface area contributed by atoms with Gasteiger partial charge in [-0.05, 0) is 36.8 Å². The van der Waals surface area contributed by atoms with Gasteiger partial charge in [-0.3, -0.25) is 4.79 Å². The van der Waals surface area contributed by atoms with E-state index in [0.29, 0.717) is 18.2 Å². The maximum atomic E-state index is 12.6. The van der Waals surface area contributed by atoms with Crippen LogP contribution in [0.4, 0.5) is 5.69 Å². The van der Waals surface area contributed by atoms with Gasteiger partial charge >= 0.3 is 0 Å². The van der Waals surface area contributed by atoms with Crippen LogP contribution in [-0.4, -0.2) is 20.7 Å². The van der Waals surface area contributed by atoms with Gasteiger partial charge in [-0.25, -0.2) is 0 Å². The maximum absolute atomic E-state index is 12.6. The molecule has 1 amide bonds. The molecule has 1 N–H and O–H groups in total. The topological polar surface area (TPSA) is 73.0 Å². The normalized spacial score (nSPS) is 11.1. The van der Waals surface area contributed by atoms with Crippen LogP contribution in [0.5, 0.6) is 0 Å². The molecule has 0 spiro atoms. The van der Waals surface area contributed by atoms with E-state index in [9.17, 15) is 4.79 Å². The molecular weight excluding hydrogens is 420 g/mol. The Morgan fingerprint density at radius 1 is 1.21 bits per heavy atom. The second-order valence-corrected chi connectivity index (χ2v) is 7.41. The summed E-state index contributed by atoms with van der Waals surface area (Å²) in [5.74, 6) is 0.958. The first-order valence-corrected chi connectivity index (χ1v) is 9.81. The van der Waals surface area contributed by atoms with Crippen LogP contribution in [0.15, 0.2) is 57.6 Å². The van der Waals surface area contributed by atoms with Crippen LogP contribution in [0.1, 0.15) is 18.4 Å². The first-order chi connectivity index (χ1) is 13.5. The maximum Gasteiger partial charge on any atom is 0.249 e. The van der Waals surface area contributed by atoms with Gasteiger partial charge < -0.3 is 14.3 Å². The number of carbonyl (C=O) groups excluding carboxylic acids is 1. The minimum absolute atomic E-state index is 0.103. The molecule has 0 saturated heterocycles. The molecule has 0 unspecified atom stereocenters. The van der Waals surface area contributed by atoms with Gasteiger partial charge in [0.25, 0.3) is 0 Å². The highest BCUT2D eigenvalue weighted by Crippen LogP contribution is 2.30. The lowest BCUT2D eigenvalue weighted by Crippen LogP contribution is -2.18. The van der Waals surface area contributed by atoms with Gasteiger partial charge in [-0.15, -0.1) is 10.2 Å². The molecule has 0 atom stereocenters. The number of anilines is 1. The summed E-state index contributed by atoms with van der Waals surface area (Å²) in [6, 6.07) is 13.6.